The van der Waals surface area contributed by atoms with Crippen molar-refractivity contribution in [1.82, 2.24) is 25.1 Å². The highest BCUT2D eigenvalue weighted by Gasteiger charge is 2.51. The van der Waals surface area contributed by atoms with Gasteiger partial charge in [-0.3, -0.25) is 9.59 Å². The third-order valence-electron chi connectivity index (χ3n) is 6.93. The number of terminal acetylenes is 1. The van der Waals surface area contributed by atoms with E-state index in [0.717, 1.165) is 11.1 Å². The van der Waals surface area contributed by atoms with Gasteiger partial charge >= 0.3 is 6.03 Å². The predicted octanol–water partition coefficient (Wildman–Crippen LogP) is 3.13. The van der Waals surface area contributed by atoms with E-state index in [-0.39, 0.29) is 43.3 Å². The number of fused-ring (bicyclic) bond motifs is 1. The van der Waals surface area contributed by atoms with Crippen molar-refractivity contribution in [1.29, 1.82) is 0 Å². The summed E-state index contributed by atoms with van der Waals surface area (Å²) in [4.78, 5) is 43.8. The van der Waals surface area contributed by atoms with Crippen LogP contribution in [0.25, 0.3) is 0 Å². The first kappa shape index (κ1) is 26.2. The van der Waals surface area contributed by atoms with Gasteiger partial charge < -0.3 is 15.1 Å². The lowest BCUT2D eigenvalue weighted by Crippen LogP contribution is -2.76. The monoisotopic (exact) mass is 505 g/mol. The van der Waals surface area contributed by atoms with Crippen molar-refractivity contribution < 1.29 is 18.8 Å². The van der Waals surface area contributed by atoms with Gasteiger partial charge in [-0.1, -0.05) is 61.7 Å². The van der Waals surface area contributed by atoms with Crippen LogP contribution in [-0.4, -0.2) is 69.5 Å². The fraction of sp³-hybridized carbons (Fsp3) is 0.393. The first-order valence-electron chi connectivity index (χ1n) is 12.5. The number of urea groups is 1. The molecule has 1 unspecified atom stereocenters. The molecule has 2 aromatic rings. The maximum absolute atomic E-state index is 13.7. The van der Waals surface area contributed by atoms with Crippen LogP contribution in [0, 0.1) is 18.2 Å². The number of hydrogen-bond donors (Lipinski definition) is 1. The highest BCUT2D eigenvalue weighted by molar-refractivity contribution is 5.91. The molecule has 0 aliphatic carbocycles. The van der Waals surface area contributed by atoms with E-state index >= 15 is 0 Å². The summed E-state index contributed by atoms with van der Waals surface area (Å²) in [7, 11) is 0. The number of hydrogen-bond acceptors (Lipinski definition) is 4. The van der Waals surface area contributed by atoms with Crippen LogP contribution >= 0.6 is 0 Å². The van der Waals surface area contributed by atoms with Crippen LogP contribution in [0.3, 0.4) is 0 Å². The summed E-state index contributed by atoms with van der Waals surface area (Å²) < 4.78 is 13.5. The minimum absolute atomic E-state index is 0.0642. The highest BCUT2D eigenvalue weighted by atomic mass is 19.1. The highest BCUT2D eigenvalue weighted by Crippen LogP contribution is 2.33. The molecule has 194 valence electrons. The number of halogens is 1. The summed E-state index contributed by atoms with van der Waals surface area (Å²) in [6.07, 6.45) is 6.00. The van der Waals surface area contributed by atoms with Crippen molar-refractivity contribution in [2.45, 2.75) is 51.5 Å². The summed E-state index contributed by atoms with van der Waals surface area (Å²) in [5, 5.41) is 5.99. The van der Waals surface area contributed by atoms with Crippen LogP contribution < -0.4 is 5.32 Å². The number of carbonyl (C=O) groups excluding carboxylic acids is 3. The lowest BCUT2D eigenvalue weighted by Gasteiger charge is -2.55. The van der Waals surface area contributed by atoms with Gasteiger partial charge in [-0.25, -0.2) is 14.2 Å². The topological polar surface area (TPSA) is 76.2 Å². The van der Waals surface area contributed by atoms with Crippen molar-refractivity contribution in [3.8, 4) is 12.3 Å². The van der Waals surface area contributed by atoms with Crippen LogP contribution in [0.5, 0.6) is 0 Å². The standard InChI is InChI=1S/C28H32FN5O3/c1-4-9-24-27(36)32(20(3)22-12-14-23(29)15-13-22)18-25-33(24)26(35)19-31(16-5-2)34(25)28(37)30-17-21-10-7-6-8-11-21/h2,6-8,10-15,20,24-25H,4,9,16-19H2,1,3H3,(H,30,37)/t20?,24-,25-/m0/s1. The Kier molecular flexibility index (Phi) is 8.09. The summed E-state index contributed by atoms with van der Waals surface area (Å²) in [5.74, 6) is 1.75. The van der Waals surface area contributed by atoms with E-state index in [4.69, 9.17) is 6.42 Å². The molecule has 2 fully saturated rings. The molecule has 3 atom stereocenters. The first-order valence-corrected chi connectivity index (χ1v) is 12.5. The molecule has 4 rings (SSSR count). The zero-order valence-electron chi connectivity index (χ0n) is 21.1. The van der Waals surface area contributed by atoms with Crippen LogP contribution in [0.15, 0.2) is 54.6 Å². The minimum atomic E-state index is -0.734. The molecule has 2 saturated heterocycles. The SMILES string of the molecule is C#CCN1CC(=O)N2[C@@H](CCC)C(=O)N(C(C)c3ccc(F)cc3)C[C@@H]2N1C(=O)NCc1ccccc1. The number of benzene rings is 2. The van der Waals surface area contributed by atoms with Crippen LogP contribution in [0.1, 0.15) is 43.9 Å². The summed E-state index contributed by atoms with van der Waals surface area (Å²) in [6, 6.07) is 14.0. The number of amides is 4. The molecule has 2 aliphatic heterocycles. The maximum atomic E-state index is 13.7. The Bertz CT molecular complexity index is 1170. The second-order valence-corrected chi connectivity index (χ2v) is 9.32. The molecular formula is C28H32FN5O3. The Morgan fingerprint density at radius 2 is 1.86 bits per heavy atom. The summed E-state index contributed by atoms with van der Waals surface area (Å²) in [5.41, 5.74) is 1.69. The fourth-order valence-corrected chi connectivity index (χ4v) is 5.07. The molecule has 2 heterocycles. The second-order valence-electron chi connectivity index (χ2n) is 9.32. The van der Waals surface area contributed by atoms with E-state index in [9.17, 15) is 18.8 Å². The molecule has 2 aromatic carbocycles. The Balaban J connectivity index is 1.67. The van der Waals surface area contributed by atoms with Crippen LogP contribution in [0.2, 0.25) is 0 Å². The Morgan fingerprint density at radius 1 is 1.16 bits per heavy atom. The number of nitrogens with one attached hydrogen (secondary N) is 1. The Labute approximate surface area is 217 Å². The normalized spacial score (nSPS) is 20.9. The molecule has 0 radical (unpaired) electrons. The van der Waals surface area contributed by atoms with Gasteiger partial charge in [-0.2, -0.15) is 5.01 Å². The molecule has 0 spiro atoms. The average molecular weight is 506 g/mol. The van der Waals surface area contributed by atoms with Crippen molar-refractivity contribution >= 4 is 17.8 Å². The number of piperazine rings is 1. The number of hydrazine groups is 1. The van der Waals surface area contributed by atoms with E-state index in [1.165, 1.54) is 17.1 Å². The van der Waals surface area contributed by atoms with Crippen LogP contribution in [0.4, 0.5) is 9.18 Å². The molecule has 4 amide bonds. The summed E-state index contributed by atoms with van der Waals surface area (Å²) >= 11 is 0. The molecule has 0 saturated carbocycles. The van der Waals surface area contributed by atoms with Gasteiger partial charge in [0, 0.05) is 6.54 Å². The van der Waals surface area contributed by atoms with Crippen molar-refractivity contribution in [2.75, 3.05) is 19.6 Å². The molecule has 8 nitrogen and oxygen atoms in total. The number of rotatable bonds is 7. The zero-order chi connectivity index (χ0) is 26.5. The number of carbonyl (C=O) groups is 3. The van der Waals surface area contributed by atoms with E-state index < -0.39 is 18.2 Å². The van der Waals surface area contributed by atoms with Crippen molar-refractivity contribution in [3.05, 3.63) is 71.5 Å². The predicted molar refractivity (Wildman–Crippen MR) is 137 cm³/mol. The van der Waals surface area contributed by atoms with E-state index in [1.54, 1.807) is 26.9 Å². The average Bonchev–Trinajstić information content (AvgIpc) is 2.89. The van der Waals surface area contributed by atoms with E-state index in [1.807, 2.05) is 44.2 Å². The van der Waals surface area contributed by atoms with Gasteiger partial charge in [-0.05, 0) is 36.6 Å². The molecule has 9 heteroatoms. The van der Waals surface area contributed by atoms with Gasteiger partial charge in [0.2, 0.25) is 11.8 Å². The Morgan fingerprint density at radius 3 is 2.51 bits per heavy atom. The fourth-order valence-electron chi connectivity index (χ4n) is 5.07. The summed E-state index contributed by atoms with van der Waals surface area (Å²) in [6.45, 7) is 4.19. The van der Waals surface area contributed by atoms with E-state index in [2.05, 4.69) is 11.2 Å². The molecule has 2 aliphatic rings. The van der Waals surface area contributed by atoms with Crippen molar-refractivity contribution in [3.63, 3.8) is 0 Å². The largest absolute Gasteiger partial charge is 0.334 e. The van der Waals surface area contributed by atoms with Gasteiger partial charge in [-0.15, -0.1) is 6.42 Å². The molecule has 0 aromatic heterocycles. The minimum Gasteiger partial charge on any atom is -0.333 e. The van der Waals surface area contributed by atoms with Gasteiger partial charge in [0.1, 0.15) is 18.0 Å². The first-order chi connectivity index (χ1) is 17.8. The third kappa shape index (κ3) is 5.44. The molecule has 1 N–H and O–H groups in total. The molecule has 0 bridgehead atoms. The number of nitrogens with zero attached hydrogens (tertiary/aromatic N) is 4. The van der Waals surface area contributed by atoms with Gasteiger partial charge in [0.05, 0.1) is 25.7 Å². The van der Waals surface area contributed by atoms with E-state index in [0.29, 0.717) is 19.4 Å². The van der Waals surface area contributed by atoms with Crippen molar-refractivity contribution in [2.24, 2.45) is 0 Å². The smallest absolute Gasteiger partial charge is 0.333 e. The zero-order valence-corrected chi connectivity index (χ0v) is 21.1. The lowest BCUT2D eigenvalue weighted by molar-refractivity contribution is -0.191. The van der Waals surface area contributed by atoms with Gasteiger partial charge in [0.15, 0.2) is 0 Å². The lowest BCUT2D eigenvalue weighted by atomic mass is 9.98. The van der Waals surface area contributed by atoms with Crippen LogP contribution in [-0.2, 0) is 16.1 Å². The Hall–Kier alpha value is -3.90. The second kappa shape index (κ2) is 11.4. The molecule has 37 heavy (non-hydrogen) atoms. The molecular weight excluding hydrogens is 473 g/mol. The third-order valence-corrected chi connectivity index (χ3v) is 6.93. The van der Waals surface area contributed by atoms with Gasteiger partial charge in [0.25, 0.3) is 0 Å². The maximum Gasteiger partial charge on any atom is 0.334 e. The quantitative estimate of drug-likeness (QED) is 0.587.